The number of rotatable bonds is 7. The topological polar surface area (TPSA) is 110 Å². The van der Waals surface area contributed by atoms with Crippen LogP contribution in [-0.4, -0.2) is 36.1 Å². The summed E-state index contributed by atoms with van der Waals surface area (Å²) >= 11 is 0. The van der Waals surface area contributed by atoms with Crippen LogP contribution >= 0.6 is 0 Å². The average Bonchev–Trinajstić information content (AvgIpc) is 2.80. The fourth-order valence-corrected chi connectivity index (χ4v) is 3.87. The third-order valence-electron chi connectivity index (χ3n) is 5.55. The Kier molecular flexibility index (Phi) is 6.63. The molecule has 0 spiro atoms. The molecule has 4 rings (SSSR count). The van der Waals surface area contributed by atoms with Crippen LogP contribution in [0.2, 0.25) is 0 Å². The first-order valence-electron chi connectivity index (χ1n) is 11.2. The molecule has 1 aliphatic rings. The lowest BCUT2D eigenvalue weighted by molar-refractivity contribution is -0.123. The van der Waals surface area contributed by atoms with E-state index in [0.717, 1.165) is 22.9 Å². The number of nitrogens with one attached hydrogen (secondary N) is 2. The summed E-state index contributed by atoms with van der Waals surface area (Å²) in [5, 5.41) is 7.52. The highest BCUT2D eigenvalue weighted by molar-refractivity contribution is 5.96. The molecule has 1 fully saturated rings. The van der Waals surface area contributed by atoms with E-state index >= 15 is 0 Å². The first-order chi connectivity index (χ1) is 15.9. The molecule has 2 aromatic carbocycles. The maximum atomic E-state index is 13.1. The fraction of sp³-hybridized carbons (Fsp3) is 0.320. The van der Waals surface area contributed by atoms with Crippen LogP contribution in [0.15, 0.2) is 54.7 Å². The molecule has 8 nitrogen and oxygen atoms in total. The fourth-order valence-electron chi connectivity index (χ4n) is 3.87. The largest absolute Gasteiger partial charge is 0.481 e. The van der Waals surface area contributed by atoms with Gasteiger partial charge >= 0.3 is 6.03 Å². The van der Waals surface area contributed by atoms with Gasteiger partial charge in [0, 0.05) is 36.0 Å². The molecule has 33 heavy (non-hydrogen) atoms. The number of fused-ring (bicyclic) bond motifs is 1. The molecule has 0 radical (unpaired) electrons. The Morgan fingerprint density at radius 1 is 1.21 bits per heavy atom. The van der Waals surface area contributed by atoms with Crippen LogP contribution in [-0.2, 0) is 4.79 Å². The monoisotopic (exact) mass is 447 g/mol. The number of pyridine rings is 1. The number of carbonyl (C=O) groups is 2. The molecule has 1 unspecified atom stereocenters. The number of aromatic nitrogens is 1. The summed E-state index contributed by atoms with van der Waals surface area (Å²) in [6, 6.07) is 14.6. The van der Waals surface area contributed by atoms with Gasteiger partial charge in [0.25, 0.3) is 5.91 Å². The predicted molar refractivity (Wildman–Crippen MR) is 130 cm³/mol. The second-order valence-electron chi connectivity index (χ2n) is 8.59. The van der Waals surface area contributed by atoms with E-state index in [-0.39, 0.29) is 17.9 Å². The highest BCUT2D eigenvalue weighted by Crippen LogP contribution is 2.26. The van der Waals surface area contributed by atoms with E-state index < -0.39 is 6.10 Å². The van der Waals surface area contributed by atoms with Crippen LogP contribution in [0.1, 0.15) is 26.7 Å². The number of urea groups is 1. The third-order valence-corrected chi connectivity index (χ3v) is 5.55. The minimum Gasteiger partial charge on any atom is -0.481 e. The molecule has 1 aromatic heterocycles. The predicted octanol–water partition coefficient (Wildman–Crippen LogP) is 4.17. The lowest BCUT2D eigenvalue weighted by Crippen LogP contribution is -2.46. The van der Waals surface area contributed by atoms with Crippen molar-refractivity contribution in [3.8, 4) is 5.75 Å². The zero-order valence-electron chi connectivity index (χ0n) is 18.9. The summed E-state index contributed by atoms with van der Waals surface area (Å²) in [5.74, 6) is 1.01. The number of hydrogen-bond acceptors (Lipinski definition) is 5. The van der Waals surface area contributed by atoms with Crippen molar-refractivity contribution in [3.05, 3.63) is 54.7 Å². The smallest absolute Gasteiger partial charge is 0.321 e. The van der Waals surface area contributed by atoms with Gasteiger partial charge in [-0.05, 0) is 66.6 Å². The lowest BCUT2D eigenvalue weighted by atomic mass is 10.0. The number of hydrogen-bond donors (Lipinski definition) is 3. The summed E-state index contributed by atoms with van der Waals surface area (Å²) in [4.78, 5) is 30.9. The molecule has 4 N–H and O–H groups in total. The summed E-state index contributed by atoms with van der Waals surface area (Å²) in [6.07, 6.45) is 2.44. The first kappa shape index (κ1) is 22.4. The van der Waals surface area contributed by atoms with Crippen molar-refractivity contribution < 1.29 is 14.3 Å². The van der Waals surface area contributed by atoms with Crippen molar-refractivity contribution in [1.82, 2.24) is 10.3 Å². The molecule has 3 amide bonds. The van der Waals surface area contributed by atoms with E-state index in [2.05, 4.69) is 15.6 Å². The van der Waals surface area contributed by atoms with Crippen molar-refractivity contribution in [2.45, 2.75) is 32.8 Å². The standard InChI is InChI=1S/C25H29N5O3/c1-16(2)14-22(33-20-9-4-17-10-12-27-23(26)21(17)15-20)24(31)29-18-5-7-19(8-6-18)30-13-3-11-28-25(30)32/h4-10,12,15-16,22H,3,11,13-14H2,1-2H3,(H2,26,27)(H,28,32)(H,29,31). The summed E-state index contributed by atoms with van der Waals surface area (Å²) in [7, 11) is 0. The summed E-state index contributed by atoms with van der Waals surface area (Å²) < 4.78 is 6.10. The zero-order valence-corrected chi connectivity index (χ0v) is 18.9. The summed E-state index contributed by atoms with van der Waals surface area (Å²) in [6.45, 7) is 5.46. The highest BCUT2D eigenvalue weighted by atomic mass is 16.5. The van der Waals surface area contributed by atoms with E-state index in [9.17, 15) is 9.59 Å². The van der Waals surface area contributed by atoms with Crippen LogP contribution in [0, 0.1) is 5.92 Å². The van der Waals surface area contributed by atoms with Gasteiger partial charge in [0.05, 0.1) is 0 Å². The van der Waals surface area contributed by atoms with Crippen LogP contribution in [0.3, 0.4) is 0 Å². The minimum atomic E-state index is -0.673. The second-order valence-corrected chi connectivity index (χ2v) is 8.59. The molecular formula is C25H29N5O3. The van der Waals surface area contributed by atoms with Gasteiger partial charge < -0.3 is 21.1 Å². The number of nitrogen functional groups attached to an aromatic ring is 1. The molecule has 1 atom stereocenters. The van der Waals surface area contributed by atoms with Crippen LogP contribution < -0.4 is 26.0 Å². The quantitative estimate of drug-likeness (QED) is 0.504. The van der Waals surface area contributed by atoms with Crippen LogP contribution in [0.4, 0.5) is 22.0 Å². The van der Waals surface area contributed by atoms with E-state index in [4.69, 9.17) is 10.5 Å². The maximum Gasteiger partial charge on any atom is 0.321 e. The van der Waals surface area contributed by atoms with Crippen molar-refractivity contribution >= 4 is 39.9 Å². The molecule has 172 valence electrons. The summed E-state index contributed by atoms with van der Waals surface area (Å²) in [5.41, 5.74) is 7.44. The molecule has 0 aliphatic carbocycles. The van der Waals surface area contributed by atoms with E-state index in [1.54, 1.807) is 23.2 Å². The van der Waals surface area contributed by atoms with Gasteiger partial charge in [0.1, 0.15) is 11.6 Å². The van der Waals surface area contributed by atoms with Gasteiger partial charge in [0.15, 0.2) is 6.10 Å². The maximum absolute atomic E-state index is 13.1. The molecule has 0 bridgehead atoms. The molecule has 1 aliphatic heterocycles. The minimum absolute atomic E-state index is 0.102. The zero-order chi connectivity index (χ0) is 23.4. The van der Waals surface area contributed by atoms with Crippen molar-refractivity contribution in [2.24, 2.45) is 5.92 Å². The normalized spacial score (nSPS) is 14.8. The Labute approximate surface area is 193 Å². The first-order valence-corrected chi connectivity index (χ1v) is 11.2. The number of nitrogens with zero attached hydrogens (tertiary/aromatic N) is 2. The molecule has 1 saturated heterocycles. The van der Waals surface area contributed by atoms with Gasteiger partial charge in [-0.25, -0.2) is 9.78 Å². The molecule has 2 heterocycles. The van der Waals surface area contributed by atoms with Crippen LogP contribution in [0.5, 0.6) is 5.75 Å². The van der Waals surface area contributed by atoms with Crippen molar-refractivity contribution in [3.63, 3.8) is 0 Å². The molecule has 8 heteroatoms. The number of nitrogens with two attached hydrogens (primary N) is 1. The van der Waals surface area contributed by atoms with E-state index in [1.807, 2.05) is 50.2 Å². The van der Waals surface area contributed by atoms with Gasteiger partial charge in [-0.2, -0.15) is 0 Å². The van der Waals surface area contributed by atoms with Gasteiger partial charge in [0.2, 0.25) is 0 Å². The van der Waals surface area contributed by atoms with Gasteiger partial charge in [-0.3, -0.25) is 9.69 Å². The Morgan fingerprint density at radius 3 is 2.73 bits per heavy atom. The molecule has 0 saturated carbocycles. The number of benzene rings is 2. The highest BCUT2D eigenvalue weighted by Gasteiger charge is 2.23. The van der Waals surface area contributed by atoms with Gasteiger partial charge in [-0.15, -0.1) is 0 Å². The van der Waals surface area contributed by atoms with Gasteiger partial charge in [-0.1, -0.05) is 19.9 Å². The van der Waals surface area contributed by atoms with E-state index in [0.29, 0.717) is 36.8 Å². The number of anilines is 3. The number of ether oxygens (including phenoxy) is 1. The third kappa shape index (κ3) is 5.34. The van der Waals surface area contributed by atoms with Crippen LogP contribution in [0.25, 0.3) is 10.8 Å². The Morgan fingerprint density at radius 2 is 2.00 bits per heavy atom. The van der Waals surface area contributed by atoms with E-state index in [1.165, 1.54) is 0 Å². The number of amides is 3. The Bertz CT molecular complexity index is 1150. The average molecular weight is 448 g/mol. The Hall–Kier alpha value is -3.81. The SMILES string of the molecule is CC(C)CC(Oc1ccc2ccnc(N)c2c1)C(=O)Nc1ccc(N2CCCNC2=O)cc1. The van der Waals surface area contributed by atoms with Crippen molar-refractivity contribution in [1.29, 1.82) is 0 Å². The second kappa shape index (κ2) is 9.77. The number of carbonyl (C=O) groups excluding carboxylic acids is 2. The van der Waals surface area contributed by atoms with Crippen molar-refractivity contribution in [2.75, 3.05) is 29.0 Å². The molecular weight excluding hydrogens is 418 g/mol. The molecule has 3 aromatic rings. The Balaban J connectivity index is 1.47. The lowest BCUT2D eigenvalue weighted by Gasteiger charge is -2.27.